The van der Waals surface area contributed by atoms with Gasteiger partial charge in [-0.1, -0.05) is 65.8 Å². The Morgan fingerprint density at radius 1 is 0.778 bits per heavy atom. The van der Waals surface area contributed by atoms with E-state index in [2.05, 4.69) is 41.5 Å². The summed E-state index contributed by atoms with van der Waals surface area (Å²) in [7, 11) is 2.53. The Balaban J connectivity index is 1.41. The molecule has 5 heterocycles. The van der Waals surface area contributed by atoms with Gasteiger partial charge in [0, 0.05) is 22.3 Å². The summed E-state index contributed by atoms with van der Waals surface area (Å²) in [5.74, 6) is -2.28. The van der Waals surface area contributed by atoms with Crippen LogP contribution in [-0.2, 0) is 25.5 Å². The Labute approximate surface area is 328 Å². The Kier molecular flexibility index (Phi) is 12.9. The van der Waals surface area contributed by atoms with Crippen LogP contribution in [0.2, 0.25) is 0 Å². The highest BCUT2D eigenvalue weighted by Gasteiger charge is 2.39. The molecule has 3 aromatic rings. The van der Waals surface area contributed by atoms with Gasteiger partial charge in [0.2, 0.25) is 23.6 Å². The smallest absolute Gasteiger partial charge is 0.271 e. The van der Waals surface area contributed by atoms with E-state index >= 15 is 0 Å². The molecule has 19 heteroatoms. The summed E-state index contributed by atoms with van der Waals surface area (Å²) in [4.78, 5) is 82.8. The van der Waals surface area contributed by atoms with Gasteiger partial charge in [0.15, 0.2) is 6.04 Å². The molecule has 288 valence electrons. The lowest BCUT2D eigenvalue weighted by Gasteiger charge is -2.26. The number of rotatable bonds is 5. The maximum Gasteiger partial charge on any atom is 0.271 e. The molecular weight excluding hydrogens is 773 g/mol. The molecule has 8 bridgehead atoms. The molecule has 0 saturated carbocycles. The number of thiazole rings is 2. The average molecular weight is 815 g/mol. The summed E-state index contributed by atoms with van der Waals surface area (Å²) in [6.07, 6.45) is -1.12. The Bertz CT molecular complexity index is 1890. The van der Waals surface area contributed by atoms with Gasteiger partial charge in [0.25, 0.3) is 11.8 Å². The van der Waals surface area contributed by atoms with Crippen molar-refractivity contribution < 1.29 is 33.8 Å². The van der Waals surface area contributed by atoms with Gasteiger partial charge in [-0.25, -0.2) is 15.0 Å². The van der Waals surface area contributed by atoms with Crippen LogP contribution in [-0.4, -0.2) is 98.4 Å². The van der Waals surface area contributed by atoms with Gasteiger partial charge < -0.3 is 36.4 Å². The molecule has 15 nitrogen and oxygen atoms in total. The van der Waals surface area contributed by atoms with Crippen molar-refractivity contribution in [3.63, 3.8) is 0 Å². The van der Waals surface area contributed by atoms with E-state index < -0.39 is 72.1 Å². The molecule has 8 atom stereocenters. The Morgan fingerprint density at radius 2 is 1.37 bits per heavy atom. The number of aliphatic hydroxyl groups is 1. The zero-order valence-electron chi connectivity index (χ0n) is 29.9. The largest absolute Gasteiger partial charge is 0.474 e. The number of nitrogens with zero attached hydrogens (tertiary/aromatic N) is 3. The van der Waals surface area contributed by atoms with Gasteiger partial charge in [-0.2, -0.15) is 0 Å². The van der Waals surface area contributed by atoms with Crippen molar-refractivity contribution in [1.29, 1.82) is 0 Å². The van der Waals surface area contributed by atoms with E-state index in [-0.39, 0.29) is 40.6 Å². The summed E-state index contributed by atoms with van der Waals surface area (Å²) in [6, 6.07) is 3.86. The van der Waals surface area contributed by atoms with Crippen LogP contribution in [0.1, 0.15) is 82.8 Å². The van der Waals surface area contributed by atoms with Gasteiger partial charge in [0.05, 0.1) is 18.2 Å². The first kappa shape index (κ1) is 39.6. The van der Waals surface area contributed by atoms with Crippen LogP contribution in [0.15, 0.2) is 46.1 Å². The van der Waals surface area contributed by atoms with E-state index in [1.54, 1.807) is 17.7 Å². The van der Waals surface area contributed by atoms with Crippen LogP contribution in [0.25, 0.3) is 0 Å². The fourth-order valence-corrected chi connectivity index (χ4v) is 10.1. The Morgan fingerprint density at radius 3 is 2.00 bits per heavy atom. The number of carbonyl (C=O) groups is 5. The number of aliphatic imine (C=N–C) groups is 1. The molecule has 0 saturated heterocycles. The number of aliphatic hydroxyl groups excluding tert-OH is 1. The molecule has 3 aliphatic rings. The minimum absolute atomic E-state index is 0.0438. The molecule has 0 radical (unpaired) electrons. The second-order valence-corrected chi connectivity index (χ2v) is 18.0. The molecule has 1 unspecified atom stereocenters. The van der Waals surface area contributed by atoms with Crippen LogP contribution in [0.3, 0.4) is 0 Å². The van der Waals surface area contributed by atoms with Crippen molar-refractivity contribution >= 4 is 79.7 Å². The monoisotopic (exact) mass is 814 g/mol. The summed E-state index contributed by atoms with van der Waals surface area (Å²) in [6.45, 7) is 7.14. The standard InChI is InChI=1S/C35H42N8O7S4/c1-16(2)10-20-34-40-22(12-51-34)28(45)38-24-14-53-54-15-25(33-43-27(18(4)50-33)32(49)36-20)39-29(46)23-13-52-35(41-23)21(11-19-8-6-5-7-9-19)37-31(48)26(17(3)44)42-30(24)47/h5-9,12-13,16-18,20-21,24-27,44H,10-11,14-15H2,1-4H3,(H,36,49)(H,37,48)(H,38,45)(H,39,46)(H,42,47)/t17-,18+,20+,21+,24-,25-,26-,27?/m0/s1. The van der Waals surface area contributed by atoms with Crippen molar-refractivity contribution in [3.8, 4) is 0 Å². The van der Waals surface area contributed by atoms with Gasteiger partial charge in [-0.15, -0.1) is 22.7 Å². The van der Waals surface area contributed by atoms with Crippen molar-refractivity contribution in [1.82, 2.24) is 36.6 Å². The lowest BCUT2D eigenvalue weighted by Crippen LogP contribution is -2.58. The van der Waals surface area contributed by atoms with Crippen LogP contribution in [0, 0.1) is 5.92 Å². The lowest BCUT2D eigenvalue weighted by molar-refractivity contribution is -0.132. The predicted octanol–water partition coefficient (Wildman–Crippen LogP) is 2.56. The third kappa shape index (κ3) is 9.60. The van der Waals surface area contributed by atoms with E-state index in [4.69, 9.17) is 4.74 Å². The molecule has 5 amide bonds. The fourth-order valence-electron chi connectivity index (χ4n) is 6.05. The first-order valence-electron chi connectivity index (χ1n) is 17.5. The van der Waals surface area contributed by atoms with Crippen molar-refractivity contribution in [2.45, 2.75) is 89.0 Å². The molecule has 0 spiro atoms. The maximum absolute atomic E-state index is 13.9. The lowest BCUT2D eigenvalue weighted by atomic mass is 10.0. The molecule has 54 heavy (non-hydrogen) atoms. The highest BCUT2D eigenvalue weighted by molar-refractivity contribution is 8.76. The van der Waals surface area contributed by atoms with E-state index in [1.165, 1.54) is 51.2 Å². The molecule has 2 aromatic heterocycles. The number of benzene rings is 1. The van der Waals surface area contributed by atoms with Crippen LogP contribution in [0.5, 0.6) is 0 Å². The number of hydrogen-bond donors (Lipinski definition) is 6. The zero-order chi connectivity index (χ0) is 38.5. The van der Waals surface area contributed by atoms with Gasteiger partial charge in [-0.3, -0.25) is 24.0 Å². The number of ether oxygens (including phenoxy) is 1. The molecular formula is C35H42N8O7S4. The fraction of sp³-hybridized carbons (Fsp3) is 0.486. The minimum Gasteiger partial charge on any atom is -0.474 e. The third-order valence-electron chi connectivity index (χ3n) is 8.85. The quantitative estimate of drug-likeness (QED) is 0.206. The van der Waals surface area contributed by atoms with E-state index in [0.717, 1.165) is 5.56 Å². The van der Waals surface area contributed by atoms with Crippen molar-refractivity contribution in [2.75, 3.05) is 11.5 Å². The van der Waals surface area contributed by atoms with E-state index in [0.29, 0.717) is 22.9 Å². The molecule has 0 aliphatic carbocycles. The first-order chi connectivity index (χ1) is 25.9. The SMILES string of the molecule is CC(C)C[C@H]1NC(=O)C2N=C(O[C@@H]2C)[C@@H]2CSSC[C@H](NC(=O)c3csc1n3)C(=O)N[C@@H]([C@H](C)O)C(=O)N[C@H](Cc1ccccc1)c1nc(cs1)C(=O)N2. The van der Waals surface area contributed by atoms with Gasteiger partial charge in [0.1, 0.15) is 45.6 Å². The predicted molar refractivity (Wildman–Crippen MR) is 208 cm³/mol. The minimum atomic E-state index is -1.39. The summed E-state index contributed by atoms with van der Waals surface area (Å²) in [5.41, 5.74) is 1.05. The van der Waals surface area contributed by atoms with Gasteiger partial charge in [-0.05, 0) is 38.2 Å². The topological polar surface area (TPSA) is 213 Å². The summed E-state index contributed by atoms with van der Waals surface area (Å²) < 4.78 is 6.14. The first-order valence-corrected chi connectivity index (χ1v) is 21.8. The maximum atomic E-state index is 13.9. The zero-order valence-corrected chi connectivity index (χ0v) is 33.2. The highest BCUT2D eigenvalue weighted by Crippen LogP contribution is 2.29. The average Bonchev–Trinajstić information content (AvgIpc) is 3.90. The number of nitrogens with one attached hydrogen (secondary N) is 5. The van der Waals surface area contributed by atoms with Crippen molar-refractivity contribution in [2.24, 2.45) is 10.9 Å². The van der Waals surface area contributed by atoms with Crippen LogP contribution >= 0.6 is 44.3 Å². The van der Waals surface area contributed by atoms with Crippen LogP contribution < -0.4 is 26.6 Å². The molecule has 6 N–H and O–H groups in total. The van der Waals surface area contributed by atoms with Crippen molar-refractivity contribution in [3.05, 3.63) is 68.1 Å². The Hall–Kier alpha value is -4.04. The molecule has 0 fully saturated rings. The number of aromatic nitrogens is 2. The second-order valence-electron chi connectivity index (χ2n) is 13.7. The van der Waals surface area contributed by atoms with Crippen LogP contribution in [0.4, 0.5) is 0 Å². The summed E-state index contributed by atoms with van der Waals surface area (Å²) >= 11 is 2.39. The molecule has 6 rings (SSSR count). The molecule has 1 aromatic carbocycles. The third-order valence-corrected chi connectivity index (χ3v) is 13.2. The van der Waals surface area contributed by atoms with Gasteiger partial charge >= 0.3 is 0 Å². The second kappa shape index (κ2) is 17.6. The summed E-state index contributed by atoms with van der Waals surface area (Å²) in [5, 5.41) is 29.2. The number of carbonyl (C=O) groups excluding carboxylic acids is 5. The number of fused-ring (bicyclic) bond motifs is 11. The normalized spacial score (nSPS) is 27.6. The number of hydrogen-bond acceptors (Lipinski definition) is 14. The van der Waals surface area contributed by atoms with E-state index in [9.17, 15) is 29.1 Å². The van der Waals surface area contributed by atoms with E-state index in [1.807, 2.05) is 44.2 Å². The number of amides is 5. The molecule has 3 aliphatic heterocycles. The highest BCUT2D eigenvalue weighted by atomic mass is 33.1.